The fraction of sp³-hybridized carbons (Fsp3) is 0.133. The maximum absolute atomic E-state index is 13.6. The summed E-state index contributed by atoms with van der Waals surface area (Å²) in [6, 6.07) is 10.7. The maximum Gasteiger partial charge on any atom is 0.255 e. The van der Waals surface area contributed by atoms with Gasteiger partial charge in [0.05, 0.1) is 12.3 Å². The highest BCUT2D eigenvalue weighted by molar-refractivity contribution is 6.04. The number of nitrogens with one attached hydrogen (secondary N) is 1. The topological polar surface area (TPSA) is 64.3 Å². The number of carbonyl (C=O) groups is 1. The van der Waals surface area contributed by atoms with Crippen LogP contribution in [0, 0.1) is 5.82 Å². The van der Waals surface area contributed by atoms with E-state index in [1.165, 1.54) is 12.1 Å². The Balaban J connectivity index is 2.11. The van der Waals surface area contributed by atoms with Crippen molar-refractivity contribution in [3.8, 4) is 5.75 Å². The average Bonchev–Trinajstić information content (AvgIpc) is 2.43. The van der Waals surface area contributed by atoms with E-state index in [0.717, 1.165) is 6.07 Å². The fourth-order valence-corrected chi connectivity index (χ4v) is 1.70. The van der Waals surface area contributed by atoms with Crippen LogP contribution in [0.15, 0.2) is 42.5 Å². The molecule has 0 aromatic heterocycles. The summed E-state index contributed by atoms with van der Waals surface area (Å²) in [5.41, 5.74) is 6.27. The van der Waals surface area contributed by atoms with Crippen LogP contribution < -0.4 is 15.8 Å². The normalized spacial score (nSPS) is 10.1. The van der Waals surface area contributed by atoms with Crippen molar-refractivity contribution in [3.63, 3.8) is 0 Å². The molecule has 0 fully saturated rings. The molecule has 0 aliphatic rings. The minimum absolute atomic E-state index is 0.0954. The zero-order valence-electron chi connectivity index (χ0n) is 11.0. The van der Waals surface area contributed by atoms with Gasteiger partial charge in [-0.2, -0.15) is 0 Å². The van der Waals surface area contributed by atoms with Gasteiger partial charge in [0.1, 0.15) is 11.6 Å². The minimum Gasteiger partial charge on any atom is -0.494 e. The molecule has 0 unspecified atom stereocenters. The number of hydrogen-bond donors (Lipinski definition) is 2. The first-order valence-electron chi connectivity index (χ1n) is 6.19. The number of nitrogens with two attached hydrogens (primary N) is 1. The van der Waals surface area contributed by atoms with Crippen LogP contribution in [0.3, 0.4) is 0 Å². The summed E-state index contributed by atoms with van der Waals surface area (Å²) in [5, 5.41) is 2.49. The molecule has 2 aromatic carbocycles. The van der Waals surface area contributed by atoms with E-state index in [1.807, 2.05) is 6.92 Å². The number of anilines is 2. The van der Waals surface area contributed by atoms with Crippen molar-refractivity contribution in [2.24, 2.45) is 0 Å². The van der Waals surface area contributed by atoms with Crippen LogP contribution in [0.2, 0.25) is 0 Å². The Kier molecular flexibility index (Phi) is 4.20. The van der Waals surface area contributed by atoms with Crippen molar-refractivity contribution in [2.75, 3.05) is 17.7 Å². The van der Waals surface area contributed by atoms with Crippen molar-refractivity contribution in [1.82, 2.24) is 0 Å². The van der Waals surface area contributed by atoms with E-state index in [4.69, 9.17) is 10.5 Å². The van der Waals surface area contributed by atoms with E-state index in [-0.39, 0.29) is 5.69 Å². The number of amides is 1. The molecule has 2 aromatic rings. The lowest BCUT2D eigenvalue weighted by atomic mass is 10.2. The van der Waals surface area contributed by atoms with Crippen LogP contribution >= 0.6 is 0 Å². The second kappa shape index (κ2) is 6.06. The first-order valence-corrected chi connectivity index (χ1v) is 6.19. The molecule has 0 radical (unpaired) electrons. The van der Waals surface area contributed by atoms with E-state index in [9.17, 15) is 9.18 Å². The van der Waals surface area contributed by atoms with Crippen molar-refractivity contribution in [1.29, 1.82) is 0 Å². The van der Waals surface area contributed by atoms with Gasteiger partial charge in [0.2, 0.25) is 0 Å². The van der Waals surface area contributed by atoms with Gasteiger partial charge in [-0.25, -0.2) is 4.39 Å². The van der Waals surface area contributed by atoms with Gasteiger partial charge in [-0.05, 0) is 49.4 Å². The molecule has 0 heterocycles. The Labute approximate surface area is 116 Å². The second-order valence-electron chi connectivity index (χ2n) is 4.15. The lowest BCUT2D eigenvalue weighted by Crippen LogP contribution is -2.13. The maximum atomic E-state index is 13.6. The van der Waals surface area contributed by atoms with Crippen molar-refractivity contribution >= 4 is 17.3 Å². The van der Waals surface area contributed by atoms with Gasteiger partial charge in [-0.3, -0.25) is 4.79 Å². The van der Waals surface area contributed by atoms with Crippen LogP contribution in [-0.2, 0) is 0 Å². The highest BCUT2D eigenvalue weighted by Gasteiger charge is 2.09. The Morgan fingerprint density at radius 3 is 2.55 bits per heavy atom. The SMILES string of the molecule is CCOc1ccc(C(=O)Nc2ccc(N)cc2F)cc1. The average molecular weight is 274 g/mol. The largest absolute Gasteiger partial charge is 0.494 e. The van der Waals surface area contributed by atoms with Gasteiger partial charge in [0, 0.05) is 11.3 Å². The molecule has 3 N–H and O–H groups in total. The summed E-state index contributed by atoms with van der Waals surface area (Å²) in [4.78, 5) is 12.0. The lowest BCUT2D eigenvalue weighted by Gasteiger charge is -2.08. The van der Waals surface area contributed by atoms with Gasteiger partial charge in [0.15, 0.2) is 0 Å². The first-order chi connectivity index (χ1) is 9.60. The third-order valence-corrected chi connectivity index (χ3v) is 2.67. The molecular weight excluding hydrogens is 259 g/mol. The molecule has 0 aliphatic heterocycles. The fourth-order valence-electron chi connectivity index (χ4n) is 1.70. The summed E-state index contributed by atoms with van der Waals surface area (Å²) in [6.45, 7) is 2.44. The molecule has 4 nitrogen and oxygen atoms in total. The Morgan fingerprint density at radius 1 is 1.25 bits per heavy atom. The third-order valence-electron chi connectivity index (χ3n) is 2.67. The van der Waals surface area contributed by atoms with Gasteiger partial charge >= 0.3 is 0 Å². The number of nitrogen functional groups attached to an aromatic ring is 1. The molecule has 0 bridgehead atoms. The summed E-state index contributed by atoms with van der Waals surface area (Å²) in [5.74, 6) is -0.274. The molecule has 0 saturated heterocycles. The smallest absolute Gasteiger partial charge is 0.255 e. The minimum atomic E-state index is -0.565. The molecule has 5 heteroatoms. The second-order valence-corrected chi connectivity index (χ2v) is 4.15. The van der Waals surface area contributed by atoms with Crippen molar-refractivity contribution in [3.05, 3.63) is 53.8 Å². The van der Waals surface area contributed by atoms with Gasteiger partial charge in [0.25, 0.3) is 5.91 Å². The number of rotatable bonds is 4. The quantitative estimate of drug-likeness (QED) is 0.842. The van der Waals surface area contributed by atoms with Crippen molar-refractivity contribution in [2.45, 2.75) is 6.92 Å². The zero-order valence-corrected chi connectivity index (χ0v) is 11.0. The molecule has 2 rings (SSSR count). The van der Waals surface area contributed by atoms with Gasteiger partial charge in [-0.15, -0.1) is 0 Å². The Bertz CT molecular complexity index is 612. The van der Waals surface area contributed by atoms with Crippen LogP contribution in [-0.4, -0.2) is 12.5 Å². The Hall–Kier alpha value is -2.56. The molecule has 104 valence electrons. The predicted molar refractivity (Wildman–Crippen MR) is 76.4 cm³/mol. The molecule has 0 atom stereocenters. The molecule has 1 amide bonds. The summed E-state index contributed by atoms with van der Waals surface area (Å²) < 4.78 is 18.9. The van der Waals surface area contributed by atoms with E-state index < -0.39 is 11.7 Å². The lowest BCUT2D eigenvalue weighted by molar-refractivity contribution is 0.102. The number of carbonyl (C=O) groups excluding carboxylic acids is 1. The molecule has 0 saturated carbocycles. The molecule has 20 heavy (non-hydrogen) atoms. The third kappa shape index (κ3) is 3.26. The number of hydrogen-bond acceptors (Lipinski definition) is 3. The molecule has 0 spiro atoms. The van der Waals surface area contributed by atoms with Crippen LogP contribution in [0.4, 0.5) is 15.8 Å². The number of halogens is 1. The highest BCUT2D eigenvalue weighted by Crippen LogP contribution is 2.18. The van der Waals surface area contributed by atoms with Crippen LogP contribution in [0.25, 0.3) is 0 Å². The van der Waals surface area contributed by atoms with E-state index in [1.54, 1.807) is 24.3 Å². The zero-order chi connectivity index (χ0) is 14.5. The number of ether oxygens (including phenoxy) is 1. The predicted octanol–water partition coefficient (Wildman–Crippen LogP) is 3.06. The van der Waals surface area contributed by atoms with Crippen molar-refractivity contribution < 1.29 is 13.9 Å². The molecule has 0 aliphatic carbocycles. The summed E-state index contributed by atoms with van der Waals surface area (Å²) in [7, 11) is 0. The highest BCUT2D eigenvalue weighted by atomic mass is 19.1. The summed E-state index contributed by atoms with van der Waals surface area (Å²) in [6.07, 6.45) is 0. The van der Waals surface area contributed by atoms with Gasteiger partial charge < -0.3 is 15.8 Å². The first kappa shape index (κ1) is 13.9. The van der Waals surface area contributed by atoms with E-state index >= 15 is 0 Å². The van der Waals surface area contributed by atoms with Crippen LogP contribution in [0.1, 0.15) is 17.3 Å². The summed E-state index contributed by atoms with van der Waals surface area (Å²) >= 11 is 0. The van der Waals surface area contributed by atoms with Gasteiger partial charge in [-0.1, -0.05) is 0 Å². The standard InChI is InChI=1S/C15H15FN2O2/c1-2-20-12-6-3-10(4-7-12)15(19)18-14-8-5-11(17)9-13(14)16/h3-9H,2,17H2,1H3,(H,18,19). The van der Waals surface area contributed by atoms with Crippen LogP contribution in [0.5, 0.6) is 5.75 Å². The Morgan fingerprint density at radius 2 is 1.95 bits per heavy atom. The van der Waals surface area contributed by atoms with E-state index in [0.29, 0.717) is 23.6 Å². The number of benzene rings is 2. The molecular formula is C15H15FN2O2. The van der Waals surface area contributed by atoms with E-state index in [2.05, 4.69) is 5.32 Å². The monoisotopic (exact) mass is 274 g/mol.